The maximum absolute atomic E-state index is 13.9. The summed E-state index contributed by atoms with van der Waals surface area (Å²) < 4.78 is 33.6. The summed E-state index contributed by atoms with van der Waals surface area (Å²) in [6, 6.07) is 8.71. The van der Waals surface area contributed by atoms with Gasteiger partial charge >= 0.3 is 0 Å². The molecule has 1 spiro atoms. The average molecular weight is 387 g/mol. The SMILES string of the molecule is CN1OC2(N=C1N(C)C(C)(C)C)c1ccc(F)cc1COc1cc(F)ccc12. The molecular formula is C21H23F2N3O2. The van der Waals surface area contributed by atoms with Crippen molar-refractivity contribution in [2.75, 3.05) is 14.1 Å². The molecule has 0 fully saturated rings. The third-order valence-electron chi connectivity index (χ3n) is 5.24. The summed E-state index contributed by atoms with van der Waals surface area (Å²) in [6.07, 6.45) is 0. The van der Waals surface area contributed by atoms with E-state index in [1.165, 1.54) is 24.3 Å². The number of benzene rings is 2. The van der Waals surface area contributed by atoms with E-state index >= 15 is 0 Å². The molecule has 5 nitrogen and oxygen atoms in total. The van der Waals surface area contributed by atoms with E-state index in [1.54, 1.807) is 24.2 Å². The van der Waals surface area contributed by atoms with Crippen LogP contribution in [0.25, 0.3) is 0 Å². The van der Waals surface area contributed by atoms with Crippen LogP contribution in [-0.4, -0.2) is 35.6 Å². The van der Waals surface area contributed by atoms with E-state index in [2.05, 4.69) is 20.8 Å². The maximum Gasteiger partial charge on any atom is 0.243 e. The Morgan fingerprint density at radius 1 is 1.07 bits per heavy atom. The van der Waals surface area contributed by atoms with Gasteiger partial charge in [-0.2, -0.15) is 0 Å². The molecule has 148 valence electrons. The summed E-state index contributed by atoms with van der Waals surface area (Å²) in [5, 5.41) is 1.59. The summed E-state index contributed by atoms with van der Waals surface area (Å²) in [7, 11) is 3.70. The molecule has 28 heavy (non-hydrogen) atoms. The molecule has 0 N–H and O–H groups in total. The highest BCUT2D eigenvalue weighted by molar-refractivity contribution is 5.82. The first-order chi connectivity index (χ1) is 13.1. The molecule has 2 heterocycles. The van der Waals surface area contributed by atoms with Crippen molar-refractivity contribution in [1.82, 2.24) is 9.96 Å². The first-order valence-electron chi connectivity index (χ1n) is 9.10. The Labute approximate surface area is 163 Å². The molecule has 0 aliphatic carbocycles. The molecule has 2 aliphatic rings. The second-order valence-corrected chi connectivity index (χ2v) is 8.11. The van der Waals surface area contributed by atoms with Gasteiger partial charge in [-0.15, -0.1) is 0 Å². The van der Waals surface area contributed by atoms with E-state index in [9.17, 15) is 8.78 Å². The van der Waals surface area contributed by atoms with Crippen LogP contribution in [0.15, 0.2) is 41.4 Å². The second kappa shape index (κ2) is 6.17. The largest absolute Gasteiger partial charge is 0.488 e. The fourth-order valence-electron chi connectivity index (χ4n) is 3.48. The Morgan fingerprint density at radius 3 is 2.39 bits per heavy atom. The molecule has 0 saturated heterocycles. The molecule has 0 amide bonds. The third-order valence-corrected chi connectivity index (χ3v) is 5.24. The standard InChI is InChI=1S/C21H23F2N3O2/c1-20(2,3)25(4)19-24-21(28-26(19)5)16-8-6-14(22)10-13(16)12-27-18-11-15(23)7-9-17(18)21/h6-11H,12H2,1-5H3. The highest BCUT2D eigenvalue weighted by atomic mass is 19.1. The van der Waals surface area contributed by atoms with E-state index in [0.717, 1.165) is 0 Å². The quantitative estimate of drug-likeness (QED) is 0.684. The van der Waals surface area contributed by atoms with Gasteiger partial charge in [-0.25, -0.2) is 23.7 Å². The number of fused-ring (bicyclic) bond motifs is 4. The molecule has 0 radical (unpaired) electrons. The summed E-state index contributed by atoms with van der Waals surface area (Å²) in [6.45, 7) is 6.30. The van der Waals surface area contributed by atoms with Gasteiger partial charge in [0.1, 0.15) is 24.0 Å². The minimum atomic E-state index is -1.29. The molecule has 2 aromatic carbocycles. The third kappa shape index (κ3) is 2.81. The molecule has 0 aromatic heterocycles. The van der Waals surface area contributed by atoms with E-state index < -0.39 is 11.5 Å². The number of nitrogens with zero attached hydrogens (tertiary/aromatic N) is 3. The van der Waals surface area contributed by atoms with Crippen LogP contribution in [0.2, 0.25) is 0 Å². The van der Waals surface area contributed by atoms with Gasteiger partial charge in [0, 0.05) is 36.8 Å². The predicted octanol–water partition coefficient (Wildman–Crippen LogP) is 4.02. The highest BCUT2D eigenvalue weighted by Crippen LogP contribution is 2.48. The Kier molecular flexibility index (Phi) is 4.12. The Morgan fingerprint density at radius 2 is 1.71 bits per heavy atom. The van der Waals surface area contributed by atoms with Gasteiger partial charge in [0.15, 0.2) is 0 Å². The summed E-state index contributed by atoms with van der Waals surface area (Å²) in [4.78, 5) is 13.2. The number of halogens is 2. The number of aliphatic imine (C=N–C) groups is 1. The van der Waals surface area contributed by atoms with Crippen molar-refractivity contribution in [3.63, 3.8) is 0 Å². The molecule has 7 heteroatoms. The van der Waals surface area contributed by atoms with Crippen LogP contribution < -0.4 is 4.74 Å². The van der Waals surface area contributed by atoms with Gasteiger partial charge in [0.2, 0.25) is 11.7 Å². The van der Waals surface area contributed by atoms with Crippen molar-refractivity contribution in [3.8, 4) is 5.75 Å². The molecule has 1 atom stereocenters. The minimum absolute atomic E-state index is 0.0956. The Balaban J connectivity index is 1.99. The van der Waals surface area contributed by atoms with Gasteiger partial charge in [-0.3, -0.25) is 0 Å². The molecule has 2 aromatic rings. The van der Waals surface area contributed by atoms with Crippen molar-refractivity contribution >= 4 is 5.96 Å². The first kappa shape index (κ1) is 18.7. The Bertz CT molecular complexity index is 915. The van der Waals surface area contributed by atoms with Crippen LogP contribution in [0.4, 0.5) is 8.78 Å². The maximum atomic E-state index is 13.9. The number of guanidine groups is 1. The van der Waals surface area contributed by atoms with Gasteiger partial charge < -0.3 is 9.64 Å². The zero-order valence-corrected chi connectivity index (χ0v) is 16.6. The monoisotopic (exact) mass is 387 g/mol. The van der Waals surface area contributed by atoms with Crippen LogP contribution in [-0.2, 0) is 17.2 Å². The van der Waals surface area contributed by atoms with E-state index in [0.29, 0.717) is 28.4 Å². The molecule has 2 aliphatic heterocycles. The van der Waals surface area contributed by atoms with E-state index in [1.807, 2.05) is 11.9 Å². The Hall–Kier alpha value is -2.67. The lowest BCUT2D eigenvalue weighted by Gasteiger charge is -2.35. The smallest absolute Gasteiger partial charge is 0.243 e. The van der Waals surface area contributed by atoms with Gasteiger partial charge in [0.25, 0.3) is 0 Å². The lowest BCUT2D eigenvalue weighted by Crippen LogP contribution is -2.47. The van der Waals surface area contributed by atoms with Gasteiger partial charge in [-0.1, -0.05) is 6.07 Å². The molecule has 1 unspecified atom stereocenters. The van der Waals surface area contributed by atoms with Crippen LogP contribution in [0.1, 0.15) is 37.5 Å². The van der Waals surface area contributed by atoms with Crippen LogP contribution in [0.5, 0.6) is 5.75 Å². The highest BCUT2D eigenvalue weighted by Gasteiger charge is 2.49. The fourth-order valence-corrected chi connectivity index (χ4v) is 3.48. The minimum Gasteiger partial charge on any atom is -0.488 e. The summed E-state index contributed by atoms with van der Waals surface area (Å²) in [5.74, 6) is 0.138. The van der Waals surface area contributed by atoms with E-state index in [4.69, 9.17) is 14.6 Å². The average Bonchev–Trinajstić information content (AvgIpc) is 2.90. The van der Waals surface area contributed by atoms with Crippen LogP contribution in [0, 0.1) is 11.6 Å². The number of hydrogen-bond donors (Lipinski definition) is 0. The van der Waals surface area contributed by atoms with Crippen molar-refractivity contribution in [1.29, 1.82) is 0 Å². The summed E-state index contributed by atoms with van der Waals surface area (Å²) >= 11 is 0. The van der Waals surface area contributed by atoms with Crippen LogP contribution in [0.3, 0.4) is 0 Å². The number of hydroxylamine groups is 2. The molecular weight excluding hydrogens is 364 g/mol. The van der Waals surface area contributed by atoms with Gasteiger partial charge in [0.05, 0.1) is 5.56 Å². The topological polar surface area (TPSA) is 37.3 Å². The van der Waals surface area contributed by atoms with Crippen LogP contribution >= 0.6 is 0 Å². The normalized spacial score (nSPS) is 21.0. The molecule has 4 rings (SSSR count). The first-order valence-corrected chi connectivity index (χ1v) is 9.10. The molecule has 0 bridgehead atoms. The van der Waals surface area contributed by atoms with Crippen molar-refractivity contribution in [2.45, 2.75) is 38.6 Å². The molecule has 0 saturated carbocycles. The van der Waals surface area contributed by atoms with Crippen molar-refractivity contribution < 1.29 is 18.4 Å². The number of hydrogen-bond acceptors (Lipinski definition) is 5. The van der Waals surface area contributed by atoms with Gasteiger partial charge in [-0.05, 0) is 45.0 Å². The fraction of sp³-hybridized carbons (Fsp3) is 0.381. The zero-order chi connectivity index (χ0) is 20.3. The summed E-state index contributed by atoms with van der Waals surface area (Å²) in [5.41, 5.74) is 0.354. The lowest BCUT2D eigenvalue weighted by molar-refractivity contribution is -0.156. The number of rotatable bonds is 0. The predicted molar refractivity (Wildman–Crippen MR) is 102 cm³/mol. The number of ether oxygens (including phenoxy) is 1. The lowest BCUT2D eigenvalue weighted by atomic mass is 9.91. The van der Waals surface area contributed by atoms with E-state index in [-0.39, 0.29) is 18.0 Å². The van der Waals surface area contributed by atoms with Crippen molar-refractivity contribution in [2.24, 2.45) is 4.99 Å². The van der Waals surface area contributed by atoms with Crippen molar-refractivity contribution in [3.05, 3.63) is 64.7 Å². The zero-order valence-electron chi connectivity index (χ0n) is 16.6. The second-order valence-electron chi connectivity index (χ2n) is 8.11.